The van der Waals surface area contributed by atoms with Crippen molar-refractivity contribution in [2.24, 2.45) is 0 Å². The van der Waals surface area contributed by atoms with E-state index in [4.69, 9.17) is 4.74 Å². The van der Waals surface area contributed by atoms with Crippen LogP contribution in [0.4, 0.5) is 0 Å². The highest BCUT2D eigenvalue weighted by Gasteiger charge is 2.17. The number of nitrogens with one attached hydrogen (secondary N) is 1. The predicted octanol–water partition coefficient (Wildman–Crippen LogP) is 15.5. The van der Waals surface area contributed by atoms with Gasteiger partial charge in [0.15, 0.2) is 0 Å². The standard InChI is InChI=1S/C54H99NO5/c1-3-5-7-9-11-13-15-17-18-19-20-23-26-30-34-38-42-46-52(57)51(50-56)55-53(58)47-43-39-35-31-27-24-21-25-29-33-37-41-45-49-60-54(59)48-44-40-36-32-28-22-16-14-12-10-8-6-4-2/h14,16,24,27,35,39,42,46,51-52,56-57H,3-13,15,17-23,25-26,28-34,36-38,40-41,43-45,47-50H2,1-2H3,(H,55,58)/b16-14-,27-24-,39-35-,46-42+. The Hall–Kier alpha value is -2.18. The molecule has 6 heteroatoms. The molecule has 0 heterocycles. The van der Waals surface area contributed by atoms with Gasteiger partial charge in [-0.25, -0.2) is 0 Å². The summed E-state index contributed by atoms with van der Waals surface area (Å²) in [5, 5.41) is 23.0. The molecule has 3 N–H and O–H groups in total. The molecule has 0 aliphatic carbocycles. The van der Waals surface area contributed by atoms with Crippen molar-refractivity contribution in [3.8, 4) is 0 Å². The molecule has 0 spiro atoms. The largest absolute Gasteiger partial charge is 0.466 e. The fourth-order valence-electron chi connectivity index (χ4n) is 7.56. The average molecular weight is 842 g/mol. The van der Waals surface area contributed by atoms with Gasteiger partial charge in [-0.2, -0.15) is 0 Å². The average Bonchev–Trinajstić information content (AvgIpc) is 3.25. The second kappa shape index (κ2) is 49.5. The smallest absolute Gasteiger partial charge is 0.305 e. The first-order valence-electron chi connectivity index (χ1n) is 25.9. The van der Waals surface area contributed by atoms with Crippen LogP contribution in [-0.2, 0) is 14.3 Å². The van der Waals surface area contributed by atoms with E-state index in [2.05, 4.69) is 49.5 Å². The van der Waals surface area contributed by atoms with Crippen LogP contribution in [0.15, 0.2) is 48.6 Å². The van der Waals surface area contributed by atoms with E-state index in [9.17, 15) is 19.8 Å². The third-order valence-electron chi connectivity index (χ3n) is 11.6. The quantitative estimate of drug-likeness (QED) is 0.0322. The highest BCUT2D eigenvalue weighted by molar-refractivity contribution is 5.76. The van der Waals surface area contributed by atoms with Crippen molar-refractivity contribution < 1.29 is 24.5 Å². The lowest BCUT2D eigenvalue weighted by molar-refractivity contribution is -0.143. The number of allylic oxidation sites excluding steroid dienone is 7. The molecule has 350 valence electrons. The number of rotatable bonds is 47. The Morgan fingerprint density at radius 3 is 1.33 bits per heavy atom. The molecule has 1 amide bonds. The Labute approximate surface area is 372 Å². The maximum absolute atomic E-state index is 12.4. The Kier molecular flexibility index (Phi) is 47.7. The third-order valence-corrected chi connectivity index (χ3v) is 11.6. The molecule has 0 aromatic heterocycles. The summed E-state index contributed by atoms with van der Waals surface area (Å²) in [5.41, 5.74) is 0. The monoisotopic (exact) mass is 842 g/mol. The minimum Gasteiger partial charge on any atom is -0.466 e. The molecule has 0 bridgehead atoms. The Bertz CT molecular complexity index is 1020. The van der Waals surface area contributed by atoms with Gasteiger partial charge < -0.3 is 20.3 Å². The van der Waals surface area contributed by atoms with Crippen molar-refractivity contribution >= 4 is 11.9 Å². The van der Waals surface area contributed by atoms with E-state index >= 15 is 0 Å². The molecule has 60 heavy (non-hydrogen) atoms. The number of amides is 1. The van der Waals surface area contributed by atoms with E-state index in [1.807, 2.05) is 12.2 Å². The third kappa shape index (κ3) is 45.3. The van der Waals surface area contributed by atoms with Crippen LogP contribution in [0.5, 0.6) is 0 Å². The maximum Gasteiger partial charge on any atom is 0.305 e. The van der Waals surface area contributed by atoms with E-state index < -0.39 is 12.1 Å². The van der Waals surface area contributed by atoms with Crippen LogP contribution in [-0.4, -0.2) is 47.4 Å². The highest BCUT2D eigenvalue weighted by atomic mass is 16.5. The van der Waals surface area contributed by atoms with E-state index in [-0.39, 0.29) is 18.5 Å². The van der Waals surface area contributed by atoms with Gasteiger partial charge in [-0.05, 0) is 77.0 Å². The summed E-state index contributed by atoms with van der Waals surface area (Å²) in [6.07, 6.45) is 61.2. The molecule has 0 rings (SSSR count). The van der Waals surface area contributed by atoms with Crippen LogP contribution in [0.25, 0.3) is 0 Å². The van der Waals surface area contributed by atoms with E-state index in [0.717, 1.165) is 51.4 Å². The van der Waals surface area contributed by atoms with Gasteiger partial charge in [0.25, 0.3) is 0 Å². The summed E-state index contributed by atoms with van der Waals surface area (Å²) >= 11 is 0. The summed E-state index contributed by atoms with van der Waals surface area (Å²) in [6, 6.07) is -0.673. The minimum atomic E-state index is -0.880. The van der Waals surface area contributed by atoms with Gasteiger partial charge in [0.05, 0.1) is 25.4 Å². The normalized spacial score (nSPS) is 13.1. The van der Waals surface area contributed by atoms with Crippen LogP contribution in [0.1, 0.15) is 258 Å². The summed E-state index contributed by atoms with van der Waals surface area (Å²) in [5.74, 6) is -0.178. The first-order valence-corrected chi connectivity index (χ1v) is 25.9. The fourth-order valence-corrected chi connectivity index (χ4v) is 7.56. The lowest BCUT2D eigenvalue weighted by atomic mass is 10.0. The molecule has 0 saturated heterocycles. The number of aliphatic hydroxyl groups is 2. The molecule has 0 aliphatic rings. The molecular weight excluding hydrogens is 743 g/mol. The molecule has 2 atom stereocenters. The summed E-state index contributed by atoms with van der Waals surface area (Å²) in [7, 11) is 0. The Morgan fingerprint density at radius 2 is 0.850 bits per heavy atom. The van der Waals surface area contributed by atoms with Crippen molar-refractivity contribution in [2.45, 2.75) is 270 Å². The van der Waals surface area contributed by atoms with E-state index in [0.29, 0.717) is 25.9 Å². The minimum absolute atomic E-state index is 0.0285. The van der Waals surface area contributed by atoms with Crippen LogP contribution < -0.4 is 5.32 Å². The maximum atomic E-state index is 12.4. The SMILES string of the molecule is CCCCCC/C=C\CCCCCCCC(=O)OCCCCCCCC/C=C\C/C=C\CCC(=O)NC(CO)C(O)/C=C/CCCCCCCCCCCCCCCCC. The van der Waals surface area contributed by atoms with E-state index in [1.165, 1.54) is 173 Å². The number of esters is 1. The van der Waals surface area contributed by atoms with Gasteiger partial charge >= 0.3 is 5.97 Å². The number of hydrogen-bond donors (Lipinski definition) is 3. The second-order valence-electron chi connectivity index (χ2n) is 17.5. The Morgan fingerprint density at radius 1 is 0.467 bits per heavy atom. The molecule has 6 nitrogen and oxygen atoms in total. The van der Waals surface area contributed by atoms with Crippen molar-refractivity contribution in [3.63, 3.8) is 0 Å². The predicted molar refractivity (Wildman–Crippen MR) is 259 cm³/mol. The van der Waals surface area contributed by atoms with Crippen LogP contribution in [0.3, 0.4) is 0 Å². The molecule has 0 radical (unpaired) electrons. The molecule has 2 unspecified atom stereocenters. The van der Waals surface area contributed by atoms with Gasteiger partial charge in [-0.1, -0.05) is 217 Å². The van der Waals surface area contributed by atoms with Crippen molar-refractivity contribution in [2.75, 3.05) is 13.2 Å². The topological polar surface area (TPSA) is 95.9 Å². The lowest BCUT2D eigenvalue weighted by Crippen LogP contribution is -2.45. The number of carbonyl (C=O) groups is 2. The zero-order valence-corrected chi connectivity index (χ0v) is 39.7. The van der Waals surface area contributed by atoms with Gasteiger partial charge in [0.1, 0.15) is 0 Å². The summed E-state index contributed by atoms with van der Waals surface area (Å²) in [6.45, 7) is 4.81. The zero-order valence-electron chi connectivity index (χ0n) is 39.7. The van der Waals surface area contributed by atoms with Crippen molar-refractivity contribution in [1.82, 2.24) is 5.32 Å². The van der Waals surface area contributed by atoms with Gasteiger partial charge in [0, 0.05) is 12.8 Å². The number of carbonyl (C=O) groups excluding carboxylic acids is 2. The van der Waals surface area contributed by atoms with Gasteiger partial charge in [-0.15, -0.1) is 0 Å². The number of ether oxygens (including phenoxy) is 1. The molecule has 0 aromatic carbocycles. The lowest BCUT2D eigenvalue weighted by Gasteiger charge is -2.19. The molecule has 0 fully saturated rings. The number of aliphatic hydroxyl groups excluding tert-OH is 2. The number of unbranched alkanes of at least 4 members (excludes halogenated alkanes) is 30. The Balaban J connectivity index is 3.61. The van der Waals surface area contributed by atoms with Crippen molar-refractivity contribution in [3.05, 3.63) is 48.6 Å². The molecule has 0 aromatic rings. The van der Waals surface area contributed by atoms with E-state index in [1.54, 1.807) is 6.08 Å². The first kappa shape index (κ1) is 57.8. The second-order valence-corrected chi connectivity index (χ2v) is 17.5. The zero-order chi connectivity index (χ0) is 43.7. The van der Waals surface area contributed by atoms with Crippen LogP contribution in [0, 0.1) is 0 Å². The van der Waals surface area contributed by atoms with Crippen LogP contribution >= 0.6 is 0 Å². The molecule has 0 aliphatic heterocycles. The van der Waals surface area contributed by atoms with Gasteiger partial charge in [0.2, 0.25) is 5.91 Å². The molecular formula is C54H99NO5. The molecule has 0 saturated carbocycles. The first-order chi connectivity index (χ1) is 29.5. The fraction of sp³-hybridized carbons (Fsp3) is 0.815. The van der Waals surface area contributed by atoms with Crippen LogP contribution in [0.2, 0.25) is 0 Å². The number of hydrogen-bond acceptors (Lipinski definition) is 5. The van der Waals surface area contributed by atoms with Crippen molar-refractivity contribution in [1.29, 1.82) is 0 Å². The summed E-state index contributed by atoms with van der Waals surface area (Å²) < 4.78 is 5.44. The van der Waals surface area contributed by atoms with Gasteiger partial charge in [-0.3, -0.25) is 9.59 Å². The highest BCUT2D eigenvalue weighted by Crippen LogP contribution is 2.15. The summed E-state index contributed by atoms with van der Waals surface area (Å²) in [4.78, 5) is 24.4.